The SMILES string of the molecule is O=C1SC(Cc2ccccc2)(OCCON=Cc2ccc(-c3ccccc3)cc2)C(=O)N1C(c1ccccc1)(c1ccccc1)c1ccccc1. The second-order valence-electron chi connectivity index (χ2n) is 12.1. The van der Waals surface area contributed by atoms with Crippen molar-refractivity contribution < 1.29 is 19.2 Å². The van der Waals surface area contributed by atoms with Crippen LogP contribution in [0.4, 0.5) is 4.79 Å². The Bertz CT molecular complexity index is 1980. The fourth-order valence-electron chi connectivity index (χ4n) is 6.60. The molecular weight excluding hydrogens is 653 g/mol. The number of thioether (sulfide) groups is 1. The van der Waals surface area contributed by atoms with Crippen molar-refractivity contribution in [3.63, 3.8) is 0 Å². The molecule has 51 heavy (non-hydrogen) atoms. The standard InChI is InChI=1S/C44H36N2O4S/c47-41-43(32-34-16-6-1-7-17-34,49-30-31-50-45-33-35-26-28-37(29-27-35)36-18-8-2-9-19-36)51-42(48)46(41)44(38-20-10-3-11-21-38,39-22-12-4-13-23-39)40-24-14-5-15-25-40/h1-29,33H,30-32H2. The van der Waals surface area contributed by atoms with E-state index in [0.717, 1.165) is 50.7 Å². The number of hydrogen-bond donors (Lipinski definition) is 0. The van der Waals surface area contributed by atoms with Crippen LogP contribution < -0.4 is 0 Å². The Morgan fingerprint density at radius 2 is 1.06 bits per heavy atom. The molecule has 1 unspecified atom stereocenters. The maximum atomic E-state index is 15.1. The van der Waals surface area contributed by atoms with E-state index in [4.69, 9.17) is 9.57 Å². The van der Waals surface area contributed by atoms with Crippen molar-refractivity contribution in [3.05, 3.63) is 204 Å². The van der Waals surface area contributed by atoms with Gasteiger partial charge >= 0.3 is 0 Å². The van der Waals surface area contributed by atoms with Gasteiger partial charge in [0.05, 0.1) is 12.8 Å². The van der Waals surface area contributed by atoms with Gasteiger partial charge in [0, 0.05) is 6.42 Å². The summed E-state index contributed by atoms with van der Waals surface area (Å²) in [4.78, 5) is 35.1. The zero-order valence-corrected chi connectivity index (χ0v) is 28.7. The Morgan fingerprint density at radius 1 is 0.588 bits per heavy atom. The van der Waals surface area contributed by atoms with Gasteiger partial charge in [-0.1, -0.05) is 181 Å². The van der Waals surface area contributed by atoms with Crippen molar-refractivity contribution in [2.75, 3.05) is 13.2 Å². The summed E-state index contributed by atoms with van der Waals surface area (Å²) < 4.78 is 6.48. The lowest BCUT2D eigenvalue weighted by Crippen LogP contribution is -2.54. The van der Waals surface area contributed by atoms with Crippen LogP contribution in [0.2, 0.25) is 0 Å². The van der Waals surface area contributed by atoms with E-state index in [0.29, 0.717) is 0 Å². The summed E-state index contributed by atoms with van der Waals surface area (Å²) in [6, 6.07) is 57.0. The summed E-state index contributed by atoms with van der Waals surface area (Å²) in [5, 5.41) is 3.75. The van der Waals surface area contributed by atoms with E-state index in [1.54, 1.807) is 6.21 Å². The Labute approximate surface area is 302 Å². The number of carbonyl (C=O) groups excluding carboxylic acids is 2. The number of nitrogens with zero attached hydrogens (tertiary/aromatic N) is 2. The van der Waals surface area contributed by atoms with Gasteiger partial charge in [-0.3, -0.25) is 14.5 Å². The van der Waals surface area contributed by atoms with E-state index in [-0.39, 0.29) is 19.6 Å². The first kappa shape index (κ1) is 33.7. The molecule has 7 rings (SSSR count). The fourth-order valence-corrected chi connectivity index (χ4v) is 7.76. The third-order valence-electron chi connectivity index (χ3n) is 8.96. The minimum Gasteiger partial charge on any atom is -0.393 e. The molecule has 0 radical (unpaired) electrons. The third-order valence-corrected chi connectivity index (χ3v) is 10.1. The molecule has 252 valence electrons. The van der Waals surface area contributed by atoms with Crippen molar-refractivity contribution in [2.45, 2.75) is 16.9 Å². The minimum absolute atomic E-state index is 0.0337. The van der Waals surface area contributed by atoms with E-state index in [2.05, 4.69) is 17.3 Å². The average Bonchev–Trinajstić information content (AvgIpc) is 3.43. The molecule has 0 bridgehead atoms. The van der Waals surface area contributed by atoms with Crippen molar-refractivity contribution in [2.24, 2.45) is 5.16 Å². The Kier molecular flexibility index (Phi) is 10.2. The highest BCUT2D eigenvalue weighted by Crippen LogP contribution is 2.51. The molecule has 6 aromatic carbocycles. The first-order valence-corrected chi connectivity index (χ1v) is 17.6. The van der Waals surface area contributed by atoms with Gasteiger partial charge < -0.3 is 9.57 Å². The largest absolute Gasteiger partial charge is 0.393 e. The zero-order chi connectivity index (χ0) is 34.9. The first-order valence-electron chi connectivity index (χ1n) is 16.8. The molecule has 0 aromatic heterocycles. The summed E-state index contributed by atoms with van der Waals surface area (Å²) in [5.74, 6) is -0.431. The lowest BCUT2D eigenvalue weighted by atomic mass is 9.75. The minimum atomic E-state index is -1.54. The Hall–Kier alpha value is -5.76. The zero-order valence-electron chi connectivity index (χ0n) is 27.9. The maximum absolute atomic E-state index is 15.1. The summed E-state index contributed by atoms with van der Waals surface area (Å²) in [6.45, 7) is 0.115. The van der Waals surface area contributed by atoms with Crippen LogP contribution in [0.15, 0.2) is 181 Å². The van der Waals surface area contributed by atoms with Crippen molar-refractivity contribution in [1.82, 2.24) is 4.90 Å². The van der Waals surface area contributed by atoms with E-state index < -0.39 is 21.6 Å². The smallest absolute Gasteiger partial charge is 0.293 e. The number of amides is 2. The van der Waals surface area contributed by atoms with Crippen LogP contribution in [0.1, 0.15) is 27.8 Å². The van der Waals surface area contributed by atoms with Gasteiger partial charge in [-0.05, 0) is 50.7 Å². The van der Waals surface area contributed by atoms with E-state index in [1.165, 1.54) is 4.90 Å². The molecule has 2 amide bonds. The molecule has 0 spiro atoms. The Balaban J connectivity index is 1.17. The van der Waals surface area contributed by atoms with Gasteiger partial charge in [0.1, 0.15) is 12.1 Å². The molecule has 1 aliphatic rings. The van der Waals surface area contributed by atoms with Crippen LogP contribution in [0.5, 0.6) is 0 Å². The predicted octanol–water partition coefficient (Wildman–Crippen LogP) is 9.35. The summed E-state index contributed by atoms with van der Waals surface area (Å²) >= 11 is 0.916. The molecule has 0 aliphatic carbocycles. The number of imide groups is 1. The van der Waals surface area contributed by atoms with Crippen LogP contribution in [0, 0.1) is 0 Å². The molecule has 7 heteroatoms. The molecular formula is C44H36N2O4S. The third kappa shape index (κ3) is 6.99. The molecule has 1 saturated heterocycles. The summed E-state index contributed by atoms with van der Waals surface area (Å²) in [7, 11) is 0. The number of benzene rings is 6. The molecule has 1 fully saturated rings. The van der Waals surface area contributed by atoms with Crippen molar-refractivity contribution in [3.8, 4) is 11.1 Å². The van der Waals surface area contributed by atoms with Crippen LogP contribution in [0.25, 0.3) is 11.1 Å². The highest BCUT2D eigenvalue weighted by molar-refractivity contribution is 8.15. The quantitative estimate of drug-likeness (QED) is 0.0524. The lowest BCUT2D eigenvalue weighted by Gasteiger charge is -2.42. The van der Waals surface area contributed by atoms with Crippen molar-refractivity contribution >= 4 is 29.1 Å². The summed E-state index contributed by atoms with van der Waals surface area (Å²) in [5.41, 5.74) is 5.11. The molecule has 0 N–H and O–H groups in total. The van der Waals surface area contributed by atoms with Gasteiger partial charge in [0.25, 0.3) is 11.1 Å². The number of carbonyl (C=O) groups is 2. The average molecular weight is 689 g/mol. The van der Waals surface area contributed by atoms with Crippen LogP contribution in [-0.2, 0) is 26.3 Å². The highest BCUT2D eigenvalue weighted by Gasteiger charge is 2.61. The lowest BCUT2D eigenvalue weighted by molar-refractivity contribution is -0.146. The highest BCUT2D eigenvalue weighted by atomic mass is 32.2. The Morgan fingerprint density at radius 3 is 1.59 bits per heavy atom. The van der Waals surface area contributed by atoms with Crippen LogP contribution in [0.3, 0.4) is 0 Å². The molecule has 0 saturated carbocycles. The van der Waals surface area contributed by atoms with Crippen LogP contribution in [-0.4, -0.2) is 40.4 Å². The molecule has 1 aliphatic heterocycles. The van der Waals surface area contributed by atoms with E-state index >= 15 is 4.79 Å². The number of hydrogen-bond acceptors (Lipinski definition) is 6. The number of ether oxygens (including phenoxy) is 1. The van der Waals surface area contributed by atoms with Gasteiger partial charge in [-0.15, -0.1) is 0 Å². The molecule has 1 heterocycles. The molecule has 6 nitrogen and oxygen atoms in total. The second-order valence-corrected chi connectivity index (χ2v) is 13.3. The monoisotopic (exact) mass is 688 g/mol. The van der Waals surface area contributed by atoms with Crippen molar-refractivity contribution in [1.29, 1.82) is 0 Å². The normalized spacial score (nSPS) is 16.1. The summed E-state index contributed by atoms with van der Waals surface area (Å²) in [6.07, 6.45) is 1.83. The maximum Gasteiger partial charge on any atom is 0.293 e. The topological polar surface area (TPSA) is 68.2 Å². The van der Waals surface area contributed by atoms with Gasteiger partial charge in [-0.2, -0.15) is 0 Å². The molecule has 1 atom stereocenters. The molecule has 6 aromatic rings. The van der Waals surface area contributed by atoms with Gasteiger partial charge in [0.2, 0.25) is 4.93 Å². The fraction of sp³-hybridized carbons (Fsp3) is 0.114. The van der Waals surface area contributed by atoms with E-state index in [9.17, 15) is 4.79 Å². The van der Waals surface area contributed by atoms with Gasteiger partial charge in [-0.25, -0.2) is 0 Å². The second kappa shape index (κ2) is 15.4. The van der Waals surface area contributed by atoms with Crippen LogP contribution >= 0.6 is 11.8 Å². The predicted molar refractivity (Wildman–Crippen MR) is 203 cm³/mol. The van der Waals surface area contributed by atoms with Gasteiger partial charge in [0.15, 0.2) is 0 Å². The number of rotatable bonds is 13. The first-order chi connectivity index (χ1) is 25.1. The number of oxime groups is 1. The van der Waals surface area contributed by atoms with E-state index in [1.807, 2.05) is 164 Å².